The molecule has 1 atom stereocenters. The van der Waals surface area contributed by atoms with Crippen LogP contribution in [0.3, 0.4) is 0 Å². The van der Waals surface area contributed by atoms with Gasteiger partial charge in [-0.15, -0.1) is 10.2 Å². The largest absolute Gasteiger partial charge is 0.320 e. The molecule has 2 aliphatic rings. The molecule has 1 unspecified atom stereocenters. The predicted molar refractivity (Wildman–Crippen MR) is 111 cm³/mol. The monoisotopic (exact) mass is 394 g/mol. The van der Waals surface area contributed by atoms with Crippen LogP contribution in [0.25, 0.3) is 0 Å². The van der Waals surface area contributed by atoms with Gasteiger partial charge in [0.1, 0.15) is 18.3 Å². The molecule has 5 nitrogen and oxygen atoms in total. The Bertz CT molecular complexity index is 984. The van der Waals surface area contributed by atoms with Crippen molar-refractivity contribution in [3.05, 3.63) is 65.8 Å². The van der Waals surface area contributed by atoms with E-state index in [-0.39, 0.29) is 17.7 Å². The number of anilines is 1. The minimum absolute atomic E-state index is 0.109. The fourth-order valence-electron chi connectivity index (χ4n) is 4.96. The molecular weight excluding hydrogens is 367 g/mol. The molecule has 1 aromatic heterocycles. The van der Waals surface area contributed by atoms with Crippen LogP contribution in [0.5, 0.6) is 0 Å². The molecule has 2 aromatic rings. The van der Waals surface area contributed by atoms with Crippen LogP contribution in [0, 0.1) is 5.92 Å². The number of carbonyl (C=O) groups excluding carboxylic acids is 1. The highest BCUT2D eigenvalue weighted by molar-refractivity contribution is 6.11. The molecule has 0 radical (unpaired) electrons. The number of aryl methyl sites for hydroxylation is 1. The lowest BCUT2D eigenvalue weighted by atomic mass is 9.58. The van der Waals surface area contributed by atoms with Gasteiger partial charge in [0.15, 0.2) is 0 Å². The maximum atomic E-state index is 13.6. The van der Waals surface area contributed by atoms with E-state index in [1.54, 1.807) is 17.3 Å². The van der Waals surface area contributed by atoms with E-state index in [0.29, 0.717) is 18.0 Å². The normalized spacial score (nSPS) is 25.3. The molecule has 4 rings (SSSR count). The second-order valence-corrected chi connectivity index (χ2v) is 8.51. The van der Waals surface area contributed by atoms with Crippen molar-refractivity contribution in [3.63, 3.8) is 0 Å². The number of hydrogen-bond donors (Lipinski definition) is 0. The molecule has 1 saturated carbocycles. The predicted octanol–water partition coefficient (Wildman–Crippen LogP) is 4.11. The molecule has 1 aliphatic carbocycles. The molecule has 0 saturated heterocycles. The van der Waals surface area contributed by atoms with Gasteiger partial charge >= 0.3 is 0 Å². The van der Waals surface area contributed by atoms with Crippen molar-refractivity contribution < 1.29 is 9.18 Å². The average molecular weight is 394 g/mol. The third-order valence-corrected chi connectivity index (χ3v) is 6.18. The first kappa shape index (κ1) is 19.6. The fourth-order valence-corrected chi connectivity index (χ4v) is 4.96. The van der Waals surface area contributed by atoms with E-state index in [0.717, 1.165) is 35.5 Å². The summed E-state index contributed by atoms with van der Waals surface area (Å²) in [5.41, 5.74) is 3.12. The SMILES string of the molecule is C=CC1=C(CC(C)F)CN(c2cccc(C3(c4nncn4C)CC(C)C3)c2)C1=O. The zero-order chi connectivity index (χ0) is 20.8. The quantitative estimate of drug-likeness (QED) is 0.741. The van der Waals surface area contributed by atoms with Gasteiger partial charge in [0.2, 0.25) is 0 Å². The summed E-state index contributed by atoms with van der Waals surface area (Å²) in [4.78, 5) is 14.7. The zero-order valence-corrected chi connectivity index (χ0v) is 17.2. The van der Waals surface area contributed by atoms with Crippen LogP contribution in [0.1, 0.15) is 44.5 Å². The first-order valence-electron chi connectivity index (χ1n) is 10.1. The summed E-state index contributed by atoms with van der Waals surface area (Å²) in [5.74, 6) is 1.45. The van der Waals surface area contributed by atoms with Crippen LogP contribution in [0.4, 0.5) is 10.1 Å². The van der Waals surface area contributed by atoms with Crippen LogP contribution >= 0.6 is 0 Å². The van der Waals surface area contributed by atoms with E-state index in [2.05, 4.69) is 35.8 Å². The molecule has 0 spiro atoms. The van der Waals surface area contributed by atoms with Gasteiger partial charge in [-0.05, 0) is 49.0 Å². The second kappa shape index (κ2) is 7.25. The average Bonchev–Trinajstić information content (AvgIpc) is 3.21. The Labute approximate surface area is 170 Å². The van der Waals surface area contributed by atoms with Gasteiger partial charge in [0.05, 0.1) is 5.41 Å². The molecule has 29 heavy (non-hydrogen) atoms. The van der Waals surface area contributed by atoms with Gasteiger partial charge < -0.3 is 9.47 Å². The highest BCUT2D eigenvalue weighted by Gasteiger charge is 2.48. The summed E-state index contributed by atoms with van der Waals surface area (Å²) >= 11 is 0. The molecule has 6 heteroatoms. The van der Waals surface area contributed by atoms with Crippen molar-refractivity contribution in [2.45, 2.75) is 44.7 Å². The van der Waals surface area contributed by atoms with E-state index >= 15 is 0 Å². The second-order valence-electron chi connectivity index (χ2n) is 8.51. The van der Waals surface area contributed by atoms with Gasteiger partial charge in [-0.25, -0.2) is 4.39 Å². The van der Waals surface area contributed by atoms with E-state index in [9.17, 15) is 9.18 Å². The number of aromatic nitrogens is 3. The minimum Gasteiger partial charge on any atom is -0.320 e. The Morgan fingerprint density at radius 1 is 1.41 bits per heavy atom. The lowest BCUT2D eigenvalue weighted by molar-refractivity contribution is -0.114. The highest BCUT2D eigenvalue weighted by atomic mass is 19.1. The number of amides is 1. The number of rotatable bonds is 6. The van der Waals surface area contributed by atoms with Gasteiger partial charge in [0.25, 0.3) is 5.91 Å². The van der Waals surface area contributed by atoms with Crippen molar-refractivity contribution in [1.29, 1.82) is 0 Å². The van der Waals surface area contributed by atoms with Crippen LogP contribution in [0.2, 0.25) is 0 Å². The van der Waals surface area contributed by atoms with Crippen LogP contribution < -0.4 is 4.90 Å². The highest BCUT2D eigenvalue weighted by Crippen LogP contribution is 2.52. The number of carbonyl (C=O) groups is 1. The Morgan fingerprint density at radius 3 is 2.76 bits per heavy atom. The number of hydrogen-bond acceptors (Lipinski definition) is 3. The molecule has 1 amide bonds. The van der Waals surface area contributed by atoms with Crippen molar-refractivity contribution in [2.75, 3.05) is 11.4 Å². The molecule has 1 aliphatic heterocycles. The summed E-state index contributed by atoms with van der Waals surface area (Å²) in [5, 5.41) is 8.49. The molecule has 1 aromatic carbocycles. The summed E-state index contributed by atoms with van der Waals surface area (Å²) in [7, 11) is 1.97. The van der Waals surface area contributed by atoms with Crippen molar-refractivity contribution in [3.8, 4) is 0 Å². The first-order valence-corrected chi connectivity index (χ1v) is 10.1. The van der Waals surface area contributed by atoms with Gasteiger partial charge in [0, 0.05) is 31.3 Å². The maximum absolute atomic E-state index is 13.6. The minimum atomic E-state index is -0.991. The molecular formula is C23H27FN4O. The van der Waals surface area contributed by atoms with E-state index in [1.165, 1.54) is 6.92 Å². The van der Waals surface area contributed by atoms with Gasteiger partial charge in [-0.2, -0.15) is 0 Å². The third-order valence-electron chi connectivity index (χ3n) is 6.18. The third kappa shape index (κ3) is 3.20. The molecule has 0 N–H and O–H groups in total. The number of alkyl halides is 1. The first-order chi connectivity index (χ1) is 13.9. The standard InChI is InChI=1S/C23H27FN4O/c1-5-20-17(9-16(3)24)13-28(21(20)29)19-8-6-7-18(10-19)23(11-15(2)12-23)22-26-25-14-27(22)4/h5-8,10,14-16H,1,9,11-13H2,2-4H3. The molecule has 1 fully saturated rings. The fraction of sp³-hybridized carbons (Fsp3) is 0.435. The maximum Gasteiger partial charge on any atom is 0.258 e. The zero-order valence-electron chi connectivity index (χ0n) is 17.2. The number of benzene rings is 1. The Hall–Kier alpha value is -2.76. The van der Waals surface area contributed by atoms with Gasteiger partial charge in [-0.3, -0.25) is 4.79 Å². The summed E-state index contributed by atoms with van der Waals surface area (Å²) in [6, 6.07) is 8.12. The lowest BCUT2D eigenvalue weighted by Gasteiger charge is -2.46. The van der Waals surface area contributed by atoms with Crippen molar-refractivity contribution in [2.24, 2.45) is 13.0 Å². The topological polar surface area (TPSA) is 51.0 Å². The van der Waals surface area contributed by atoms with Crippen molar-refractivity contribution in [1.82, 2.24) is 14.8 Å². The Morgan fingerprint density at radius 2 is 2.17 bits per heavy atom. The Kier molecular flexibility index (Phi) is 4.89. The van der Waals surface area contributed by atoms with Crippen LogP contribution in [-0.2, 0) is 17.3 Å². The smallest absolute Gasteiger partial charge is 0.258 e. The molecule has 152 valence electrons. The summed E-state index contributed by atoms with van der Waals surface area (Å²) in [6.45, 7) is 7.93. The summed E-state index contributed by atoms with van der Waals surface area (Å²) < 4.78 is 15.6. The summed E-state index contributed by atoms with van der Waals surface area (Å²) in [6.07, 6.45) is 4.55. The number of halogens is 1. The molecule has 0 bridgehead atoms. The number of nitrogens with zero attached hydrogens (tertiary/aromatic N) is 4. The Balaban J connectivity index is 1.69. The van der Waals surface area contributed by atoms with E-state index < -0.39 is 6.17 Å². The lowest BCUT2D eigenvalue weighted by Crippen LogP contribution is -2.43. The van der Waals surface area contributed by atoms with Crippen LogP contribution in [0.15, 0.2) is 54.4 Å². The van der Waals surface area contributed by atoms with E-state index in [4.69, 9.17) is 0 Å². The van der Waals surface area contributed by atoms with Gasteiger partial charge in [-0.1, -0.05) is 31.7 Å². The van der Waals surface area contributed by atoms with E-state index in [1.807, 2.05) is 23.7 Å². The van der Waals surface area contributed by atoms with Crippen molar-refractivity contribution >= 4 is 11.6 Å². The van der Waals surface area contributed by atoms with Crippen LogP contribution in [-0.4, -0.2) is 33.4 Å². The molecule has 2 heterocycles.